The third-order valence-corrected chi connectivity index (χ3v) is 4.86. The zero-order valence-electron chi connectivity index (χ0n) is 17.9. The highest BCUT2D eigenvalue weighted by atomic mass is 19.1. The van der Waals surface area contributed by atoms with Gasteiger partial charge >= 0.3 is 0 Å². The molecule has 0 aliphatic heterocycles. The molecule has 0 spiro atoms. The largest absolute Gasteiger partial charge is 0.493 e. The number of hydrogen-bond donors (Lipinski definition) is 0. The van der Waals surface area contributed by atoms with Gasteiger partial charge < -0.3 is 4.74 Å². The third kappa shape index (κ3) is 5.56. The van der Waals surface area contributed by atoms with Gasteiger partial charge in [0.25, 0.3) is 0 Å². The van der Waals surface area contributed by atoms with Crippen LogP contribution in [0.4, 0.5) is 13.2 Å². The highest BCUT2D eigenvalue weighted by molar-refractivity contribution is 5.84. The van der Waals surface area contributed by atoms with Crippen molar-refractivity contribution in [3.05, 3.63) is 113 Å². The summed E-state index contributed by atoms with van der Waals surface area (Å²) in [4.78, 5) is 0. The lowest BCUT2D eigenvalue weighted by Gasteiger charge is -2.06. The molecule has 0 fully saturated rings. The zero-order chi connectivity index (χ0) is 23.2. The Morgan fingerprint density at radius 2 is 1.18 bits per heavy atom. The third-order valence-electron chi connectivity index (χ3n) is 4.86. The zero-order valence-corrected chi connectivity index (χ0v) is 17.9. The van der Waals surface area contributed by atoms with E-state index in [-0.39, 0.29) is 17.1 Å². The number of fused-ring (bicyclic) bond motifs is 1. The minimum atomic E-state index is -0.755. The Morgan fingerprint density at radius 1 is 0.636 bits per heavy atom. The molecule has 4 aromatic rings. The SMILES string of the molecule is CCCOc1cc(F)c(C#Cc2ccc(C#Cc3ccc4cc(F)ccc4c3)cc2)c(F)c1. The van der Waals surface area contributed by atoms with Crippen LogP contribution in [-0.2, 0) is 0 Å². The van der Waals surface area contributed by atoms with E-state index in [0.29, 0.717) is 12.2 Å². The van der Waals surface area contributed by atoms with Crippen LogP contribution in [0.1, 0.15) is 35.6 Å². The summed E-state index contributed by atoms with van der Waals surface area (Å²) in [6.45, 7) is 2.30. The smallest absolute Gasteiger partial charge is 0.145 e. The minimum Gasteiger partial charge on any atom is -0.493 e. The van der Waals surface area contributed by atoms with Crippen molar-refractivity contribution in [2.75, 3.05) is 6.61 Å². The van der Waals surface area contributed by atoms with E-state index in [9.17, 15) is 13.2 Å². The van der Waals surface area contributed by atoms with Gasteiger partial charge in [0.05, 0.1) is 12.2 Å². The molecule has 1 nitrogen and oxygen atoms in total. The maximum Gasteiger partial charge on any atom is 0.145 e. The Labute approximate surface area is 190 Å². The van der Waals surface area contributed by atoms with Gasteiger partial charge in [-0.25, -0.2) is 13.2 Å². The fourth-order valence-corrected chi connectivity index (χ4v) is 3.18. The molecule has 0 radical (unpaired) electrons. The first-order valence-electron chi connectivity index (χ1n) is 10.5. The lowest BCUT2D eigenvalue weighted by Crippen LogP contribution is -1.98. The second-order valence-electron chi connectivity index (χ2n) is 7.39. The molecule has 0 unspecified atom stereocenters. The van der Waals surface area contributed by atoms with E-state index >= 15 is 0 Å². The van der Waals surface area contributed by atoms with Crippen molar-refractivity contribution >= 4 is 10.8 Å². The Kier molecular flexibility index (Phi) is 6.67. The summed E-state index contributed by atoms with van der Waals surface area (Å²) in [5, 5.41) is 1.73. The van der Waals surface area contributed by atoms with E-state index in [1.165, 1.54) is 12.1 Å². The van der Waals surface area contributed by atoms with Gasteiger partial charge in [-0.1, -0.05) is 42.7 Å². The summed E-state index contributed by atoms with van der Waals surface area (Å²) in [6.07, 6.45) is 0.745. The van der Waals surface area contributed by atoms with Crippen LogP contribution < -0.4 is 4.74 Å². The first-order valence-corrected chi connectivity index (χ1v) is 10.5. The van der Waals surface area contributed by atoms with Gasteiger partial charge in [0, 0.05) is 28.8 Å². The van der Waals surface area contributed by atoms with Crippen molar-refractivity contribution in [3.8, 4) is 29.4 Å². The fraction of sp³-hybridized carbons (Fsp3) is 0.103. The Hall–Kier alpha value is -4.15. The minimum absolute atomic E-state index is 0.152. The maximum atomic E-state index is 14.2. The summed E-state index contributed by atoms with van der Waals surface area (Å²) in [5.74, 6) is 9.87. The van der Waals surface area contributed by atoms with Crippen molar-refractivity contribution in [1.29, 1.82) is 0 Å². The summed E-state index contributed by atoms with van der Waals surface area (Å²) >= 11 is 0. The van der Waals surface area contributed by atoms with E-state index in [4.69, 9.17) is 4.74 Å². The van der Waals surface area contributed by atoms with Crippen LogP contribution in [0.5, 0.6) is 5.75 Å². The van der Waals surface area contributed by atoms with Crippen LogP contribution >= 0.6 is 0 Å². The monoisotopic (exact) mass is 440 g/mol. The van der Waals surface area contributed by atoms with Crippen molar-refractivity contribution in [2.24, 2.45) is 0 Å². The van der Waals surface area contributed by atoms with Crippen molar-refractivity contribution in [2.45, 2.75) is 13.3 Å². The molecular formula is C29H19F3O. The summed E-state index contributed by atoms with van der Waals surface area (Å²) in [7, 11) is 0. The molecule has 0 aliphatic carbocycles. The fourth-order valence-electron chi connectivity index (χ4n) is 3.18. The molecule has 0 N–H and O–H groups in total. The van der Waals surface area contributed by atoms with E-state index in [1.807, 2.05) is 25.1 Å². The summed E-state index contributed by atoms with van der Waals surface area (Å²) < 4.78 is 47.0. The first-order chi connectivity index (χ1) is 16.0. The van der Waals surface area contributed by atoms with Crippen LogP contribution in [0.15, 0.2) is 72.8 Å². The molecule has 4 heteroatoms. The average Bonchev–Trinajstić information content (AvgIpc) is 2.81. The molecule has 0 atom stereocenters. The van der Waals surface area contributed by atoms with E-state index in [0.717, 1.165) is 40.5 Å². The molecule has 4 rings (SSSR count). The van der Waals surface area contributed by atoms with Crippen LogP contribution in [0.3, 0.4) is 0 Å². The van der Waals surface area contributed by atoms with Gasteiger partial charge in [-0.15, -0.1) is 0 Å². The quantitative estimate of drug-likeness (QED) is 0.317. The van der Waals surface area contributed by atoms with Gasteiger partial charge in [-0.2, -0.15) is 0 Å². The molecule has 4 aromatic carbocycles. The lowest BCUT2D eigenvalue weighted by molar-refractivity contribution is 0.313. The van der Waals surface area contributed by atoms with E-state index < -0.39 is 11.6 Å². The second-order valence-corrected chi connectivity index (χ2v) is 7.39. The Balaban J connectivity index is 1.49. The molecule has 0 saturated carbocycles. The van der Waals surface area contributed by atoms with Crippen molar-refractivity contribution in [3.63, 3.8) is 0 Å². The molecule has 0 amide bonds. The first kappa shape index (κ1) is 22.1. The topological polar surface area (TPSA) is 9.23 Å². The van der Waals surface area contributed by atoms with Gasteiger partial charge in [-0.3, -0.25) is 0 Å². The lowest BCUT2D eigenvalue weighted by atomic mass is 10.1. The van der Waals surface area contributed by atoms with Crippen molar-refractivity contribution < 1.29 is 17.9 Å². The van der Waals surface area contributed by atoms with E-state index in [1.54, 1.807) is 30.3 Å². The number of ether oxygens (including phenoxy) is 1. The number of benzene rings is 4. The Morgan fingerprint density at radius 3 is 1.85 bits per heavy atom. The molecule has 0 aromatic heterocycles. The van der Waals surface area contributed by atoms with E-state index in [2.05, 4.69) is 23.7 Å². The molecule has 0 saturated heterocycles. The summed E-state index contributed by atoms with van der Waals surface area (Å²) in [5.41, 5.74) is 1.90. The molecule has 162 valence electrons. The van der Waals surface area contributed by atoms with Gasteiger partial charge in [0.2, 0.25) is 0 Å². The van der Waals surface area contributed by atoms with Gasteiger partial charge in [0.1, 0.15) is 23.2 Å². The predicted octanol–water partition coefficient (Wildman–Crippen LogP) is 6.85. The highest BCUT2D eigenvalue weighted by Crippen LogP contribution is 2.21. The number of halogens is 3. The maximum absolute atomic E-state index is 14.2. The molecule has 0 heterocycles. The normalized spacial score (nSPS) is 10.2. The van der Waals surface area contributed by atoms with Crippen LogP contribution in [0.25, 0.3) is 10.8 Å². The van der Waals surface area contributed by atoms with Crippen LogP contribution in [-0.4, -0.2) is 6.61 Å². The second kappa shape index (κ2) is 9.98. The van der Waals surface area contributed by atoms with Gasteiger partial charge in [-0.05, 0) is 65.7 Å². The molecule has 0 bridgehead atoms. The highest BCUT2D eigenvalue weighted by Gasteiger charge is 2.10. The van der Waals surface area contributed by atoms with Crippen LogP contribution in [0.2, 0.25) is 0 Å². The number of rotatable bonds is 3. The molecule has 0 aliphatic rings. The van der Waals surface area contributed by atoms with Gasteiger partial charge in [0.15, 0.2) is 0 Å². The average molecular weight is 440 g/mol. The van der Waals surface area contributed by atoms with Crippen molar-refractivity contribution in [1.82, 2.24) is 0 Å². The standard InChI is InChI=1S/C29H19F3O/c1-2-15-33-26-18-28(31)27(29(32)19-26)14-10-21-5-3-20(4-6-21)7-8-22-9-11-24-17-25(30)13-12-23(24)16-22/h3-6,9,11-13,16-19H,2,15H2,1H3. The molecule has 33 heavy (non-hydrogen) atoms. The number of hydrogen-bond acceptors (Lipinski definition) is 1. The van der Waals surface area contributed by atoms with Crippen LogP contribution in [0, 0.1) is 41.1 Å². The summed E-state index contributed by atoms with van der Waals surface area (Å²) in [6, 6.07) is 19.6. The Bertz CT molecular complexity index is 1410. The molecular weight excluding hydrogens is 421 g/mol. The predicted molar refractivity (Wildman–Crippen MR) is 124 cm³/mol.